The molecule has 0 saturated carbocycles. The Kier molecular flexibility index (Phi) is 4.63. The van der Waals surface area contributed by atoms with Gasteiger partial charge in [0.05, 0.1) is 0 Å². The summed E-state index contributed by atoms with van der Waals surface area (Å²) in [5.74, 6) is -0.411. The number of rotatable bonds is 4. The Morgan fingerprint density at radius 3 is 2.62 bits per heavy atom. The number of halogens is 1. The van der Waals surface area contributed by atoms with Crippen LogP contribution < -0.4 is 5.32 Å². The van der Waals surface area contributed by atoms with Crippen LogP contribution in [0.4, 0.5) is 0 Å². The molecule has 0 fully saturated rings. The summed E-state index contributed by atoms with van der Waals surface area (Å²) in [7, 11) is 3.32. The third-order valence-electron chi connectivity index (χ3n) is 1.72. The number of amides is 2. The van der Waals surface area contributed by atoms with E-state index in [1.807, 2.05) is 0 Å². The summed E-state index contributed by atoms with van der Waals surface area (Å²) in [5.41, 5.74) is 0. The molecule has 1 aromatic heterocycles. The number of carbonyl (C=O) groups excluding carboxylic acids is 2. The van der Waals surface area contributed by atoms with Crippen LogP contribution in [0.1, 0.15) is 16.2 Å². The molecule has 0 spiro atoms. The van der Waals surface area contributed by atoms with Gasteiger partial charge >= 0.3 is 0 Å². The van der Waals surface area contributed by atoms with Crippen molar-refractivity contribution in [3.05, 3.63) is 9.47 Å². The SMILES string of the molecule is CN(C)C(=O)CCNC(=O)c1nnc(Cl)s1. The predicted molar refractivity (Wildman–Crippen MR) is 60.6 cm³/mol. The lowest BCUT2D eigenvalue weighted by Gasteiger charge is -2.09. The van der Waals surface area contributed by atoms with Crippen molar-refractivity contribution in [1.82, 2.24) is 20.4 Å². The van der Waals surface area contributed by atoms with Crippen molar-refractivity contribution in [1.29, 1.82) is 0 Å². The lowest BCUT2D eigenvalue weighted by Crippen LogP contribution is -2.30. The predicted octanol–water partition coefficient (Wildman–Crippen LogP) is 0.400. The quantitative estimate of drug-likeness (QED) is 0.852. The summed E-state index contributed by atoms with van der Waals surface area (Å²) >= 11 is 6.53. The summed E-state index contributed by atoms with van der Waals surface area (Å²) in [5, 5.41) is 9.84. The van der Waals surface area contributed by atoms with Gasteiger partial charge in [-0.05, 0) is 11.6 Å². The minimum atomic E-state index is -0.365. The molecular weight excluding hydrogens is 252 g/mol. The standard InChI is InChI=1S/C8H11ClN4O2S/c1-13(2)5(14)3-4-10-6(15)7-11-12-8(9)16-7/h3-4H2,1-2H3,(H,10,15). The molecule has 2 amide bonds. The Balaban J connectivity index is 2.34. The van der Waals surface area contributed by atoms with Crippen molar-refractivity contribution < 1.29 is 9.59 Å². The molecular formula is C8H11ClN4O2S. The molecule has 1 N–H and O–H groups in total. The minimum Gasteiger partial charge on any atom is -0.349 e. The van der Waals surface area contributed by atoms with Crippen LogP contribution in [0, 0.1) is 0 Å². The maximum Gasteiger partial charge on any atom is 0.282 e. The molecule has 1 aromatic rings. The van der Waals surface area contributed by atoms with E-state index in [0.29, 0.717) is 0 Å². The fraction of sp³-hybridized carbons (Fsp3) is 0.500. The Morgan fingerprint density at radius 1 is 1.44 bits per heavy atom. The average molecular weight is 263 g/mol. The highest BCUT2D eigenvalue weighted by molar-refractivity contribution is 7.17. The Bertz CT molecular complexity index is 393. The van der Waals surface area contributed by atoms with Crippen molar-refractivity contribution in [3.63, 3.8) is 0 Å². The normalized spacial score (nSPS) is 9.94. The minimum absolute atomic E-state index is 0.0457. The van der Waals surface area contributed by atoms with Crippen LogP contribution in [0.3, 0.4) is 0 Å². The van der Waals surface area contributed by atoms with Crippen LogP contribution in [0.15, 0.2) is 0 Å². The summed E-state index contributed by atoms with van der Waals surface area (Å²) in [4.78, 5) is 24.1. The van der Waals surface area contributed by atoms with Gasteiger partial charge < -0.3 is 10.2 Å². The lowest BCUT2D eigenvalue weighted by atomic mass is 10.4. The average Bonchev–Trinajstić information content (AvgIpc) is 2.64. The fourth-order valence-corrected chi connectivity index (χ4v) is 1.62. The Morgan fingerprint density at radius 2 is 2.12 bits per heavy atom. The third-order valence-corrected chi connectivity index (χ3v) is 2.74. The second-order valence-corrected chi connectivity index (χ2v) is 4.71. The van der Waals surface area contributed by atoms with Gasteiger partial charge in [-0.25, -0.2) is 0 Å². The Labute approximate surface area is 102 Å². The highest BCUT2D eigenvalue weighted by Crippen LogP contribution is 2.14. The number of nitrogens with zero attached hydrogens (tertiary/aromatic N) is 3. The number of nitrogens with one attached hydrogen (secondary N) is 1. The molecule has 0 aliphatic carbocycles. The molecule has 6 nitrogen and oxygen atoms in total. The van der Waals surface area contributed by atoms with Crippen molar-refractivity contribution in [2.24, 2.45) is 0 Å². The van der Waals surface area contributed by atoms with E-state index in [1.165, 1.54) is 4.90 Å². The molecule has 8 heteroatoms. The van der Waals surface area contributed by atoms with E-state index in [4.69, 9.17) is 11.6 Å². The molecule has 1 rings (SSSR count). The molecule has 0 atom stereocenters. The van der Waals surface area contributed by atoms with Crippen LogP contribution in [0.5, 0.6) is 0 Å². The number of aromatic nitrogens is 2. The summed E-state index contributed by atoms with van der Waals surface area (Å²) in [6.45, 7) is 0.271. The third kappa shape index (κ3) is 3.74. The summed E-state index contributed by atoms with van der Waals surface area (Å²) in [6.07, 6.45) is 0.255. The fourth-order valence-electron chi connectivity index (χ4n) is 0.879. The molecule has 1 heterocycles. The summed E-state index contributed by atoms with van der Waals surface area (Å²) < 4.78 is 0.217. The second kappa shape index (κ2) is 5.76. The van der Waals surface area contributed by atoms with E-state index in [2.05, 4.69) is 15.5 Å². The Hall–Kier alpha value is -1.21. The maximum atomic E-state index is 11.4. The van der Waals surface area contributed by atoms with Gasteiger partial charge in [-0.2, -0.15) is 0 Å². The van der Waals surface area contributed by atoms with Gasteiger partial charge in [0.15, 0.2) is 0 Å². The highest BCUT2D eigenvalue weighted by atomic mass is 35.5. The van der Waals surface area contributed by atoms with E-state index in [9.17, 15) is 9.59 Å². The van der Waals surface area contributed by atoms with Crippen molar-refractivity contribution in [2.75, 3.05) is 20.6 Å². The molecule has 0 aliphatic heterocycles. The van der Waals surface area contributed by atoms with Gasteiger partial charge in [0.2, 0.25) is 15.4 Å². The molecule has 0 radical (unpaired) electrons. The molecule has 0 bridgehead atoms. The first-order valence-corrected chi connectivity index (χ1v) is 5.67. The zero-order chi connectivity index (χ0) is 12.1. The number of hydrogen-bond acceptors (Lipinski definition) is 5. The van der Waals surface area contributed by atoms with E-state index < -0.39 is 0 Å². The van der Waals surface area contributed by atoms with Crippen LogP contribution in [-0.2, 0) is 4.79 Å². The van der Waals surface area contributed by atoms with Crippen LogP contribution >= 0.6 is 22.9 Å². The number of hydrogen-bond donors (Lipinski definition) is 1. The highest BCUT2D eigenvalue weighted by Gasteiger charge is 2.12. The first kappa shape index (κ1) is 12.9. The van der Waals surface area contributed by atoms with Crippen LogP contribution in [-0.4, -0.2) is 47.6 Å². The monoisotopic (exact) mass is 262 g/mol. The summed E-state index contributed by atoms with van der Waals surface area (Å²) in [6, 6.07) is 0. The largest absolute Gasteiger partial charge is 0.349 e. The smallest absolute Gasteiger partial charge is 0.282 e. The van der Waals surface area contributed by atoms with Crippen LogP contribution in [0.25, 0.3) is 0 Å². The molecule has 16 heavy (non-hydrogen) atoms. The first-order valence-electron chi connectivity index (χ1n) is 4.48. The number of carbonyl (C=O) groups is 2. The first-order chi connectivity index (χ1) is 7.50. The molecule has 0 aromatic carbocycles. The van der Waals surface area contributed by atoms with Gasteiger partial charge in [-0.1, -0.05) is 11.3 Å². The topological polar surface area (TPSA) is 75.2 Å². The van der Waals surface area contributed by atoms with Gasteiger partial charge in [0.1, 0.15) is 0 Å². The van der Waals surface area contributed by atoms with E-state index in [1.54, 1.807) is 14.1 Å². The molecule has 88 valence electrons. The van der Waals surface area contributed by atoms with Gasteiger partial charge in [0, 0.05) is 27.1 Å². The van der Waals surface area contributed by atoms with Crippen LogP contribution in [0.2, 0.25) is 4.47 Å². The maximum absolute atomic E-state index is 11.4. The van der Waals surface area contributed by atoms with E-state index in [-0.39, 0.29) is 34.3 Å². The van der Waals surface area contributed by atoms with Gasteiger partial charge in [0.25, 0.3) is 5.91 Å². The zero-order valence-corrected chi connectivity index (χ0v) is 10.4. The zero-order valence-electron chi connectivity index (χ0n) is 8.86. The van der Waals surface area contributed by atoms with Gasteiger partial charge in [-0.3, -0.25) is 9.59 Å². The van der Waals surface area contributed by atoms with E-state index >= 15 is 0 Å². The molecule has 0 saturated heterocycles. The van der Waals surface area contributed by atoms with Crippen molar-refractivity contribution in [2.45, 2.75) is 6.42 Å². The molecule has 0 unspecified atom stereocenters. The second-order valence-electron chi connectivity index (χ2n) is 3.15. The lowest BCUT2D eigenvalue weighted by molar-refractivity contribution is -0.128. The van der Waals surface area contributed by atoms with E-state index in [0.717, 1.165) is 11.3 Å². The van der Waals surface area contributed by atoms with Crippen molar-refractivity contribution >= 4 is 34.8 Å². The van der Waals surface area contributed by atoms with Gasteiger partial charge in [-0.15, -0.1) is 10.2 Å². The molecule has 0 aliphatic rings. The van der Waals surface area contributed by atoms with Crippen molar-refractivity contribution in [3.8, 4) is 0 Å².